The van der Waals surface area contributed by atoms with Gasteiger partial charge < -0.3 is 14.7 Å². The van der Waals surface area contributed by atoms with Crippen molar-refractivity contribution in [3.63, 3.8) is 0 Å². The van der Waals surface area contributed by atoms with Crippen LogP contribution in [0, 0.1) is 0 Å². The Morgan fingerprint density at radius 3 is 1.44 bits per heavy atom. The molecule has 274 valence electrons. The van der Waals surface area contributed by atoms with Gasteiger partial charge in [0.25, 0.3) is 0 Å². The van der Waals surface area contributed by atoms with E-state index in [0.717, 1.165) is 50.9 Å². The molecule has 12 rings (SSSR count). The van der Waals surface area contributed by atoms with Gasteiger partial charge >= 0.3 is 0 Å². The number of para-hydroxylation sites is 5. The smallest absolute Gasteiger partial charge is 0.245 e. The third-order valence-corrected chi connectivity index (χ3v) is 12.4. The maximum absolute atomic E-state index is 4.27. The van der Waals surface area contributed by atoms with Crippen LogP contribution in [0.25, 0.3) is 11.1 Å². The lowest BCUT2D eigenvalue weighted by Crippen LogP contribution is -2.76. The highest BCUT2D eigenvalue weighted by Crippen LogP contribution is 2.58. The normalized spacial score (nSPS) is 13.3. The average molecular weight is 751 g/mol. The van der Waals surface area contributed by atoms with Gasteiger partial charge in [0.05, 0.1) is 28.4 Å². The van der Waals surface area contributed by atoms with Gasteiger partial charge in [-0.2, -0.15) is 0 Å². The van der Waals surface area contributed by atoms with Gasteiger partial charge in [-0.3, -0.25) is 4.98 Å². The molecule has 4 heterocycles. The Kier molecular flexibility index (Phi) is 7.70. The van der Waals surface area contributed by atoms with Gasteiger partial charge in [0.1, 0.15) is 0 Å². The first-order valence-electron chi connectivity index (χ1n) is 20.4. The summed E-state index contributed by atoms with van der Waals surface area (Å²) in [7, 11) is 0. The van der Waals surface area contributed by atoms with E-state index >= 15 is 0 Å². The summed E-state index contributed by atoms with van der Waals surface area (Å²) in [4.78, 5) is 11.8. The lowest BCUT2D eigenvalue weighted by molar-refractivity contribution is 1.16. The molecule has 0 radical (unpaired) electrons. The van der Waals surface area contributed by atoms with E-state index in [4.69, 9.17) is 0 Å². The molecule has 4 nitrogen and oxygen atoms in total. The van der Waals surface area contributed by atoms with E-state index in [1.54, 1.807) is 0 Å². The minimum Gasteiger partial charge on any atom is -0.309 e. The second kappa shape index (κ2) is 13.5. The van der Waals surface area contributed by atoms with Crippen LogP contribution in [0.5, 0.6) is 0 Å². The minimum atomic E-state index is 0.0175. The fraction of sp³-hybridized carbons (Fsp3) is 0. The van der Waals surface area contributed by atoms with E-state index < -0.39 is 0 Å². The molecule has 3 aliphatic rings. The molecule has 0 unspecified atom stereocenters. The molecule has 59 heavy (non-hydrogen) atoms. The van der Waals surface area contributed by atoms with Crippen LogP contribution in [-0.4, -0.2) is 18.4 Å². The molecular formula is C53H36B2N4. The number of hydrogen-bond donors (Lipinski definition) is 0. The molecule has 0 saturated heterocycles. The summed E-state index contributed by atoms with van der Waals surface area (Å²) in [6, 6.07) is 75.8. The molecule has 1 aromatic heterocycles. The van der Waals surface area contributed by atoms with Gasteiger partial charge in [-0.25, -0.2) is 0 Å². The summed E-state index contributed by atoms with van der Waals surface area (Å²) in [5.41, 5.74) is 20.6. The van der Waals surface area contributed by atoms with Crippen molar-refractivity contribution in [1.82, 2.24) is 4.98 Å². The van der Waals surface area contributed by atoms with Gasteiger partial charge in [-0.05, 0) is 94.8 Å². The molecule has 0 atom stereocenters. The molecule has 3 aliphatic heterocycles. The van der Waals surface area contributed by atoms with E-state index in [1.807, 2.05) is 12.4 Å². The predicted octanol–water partition coefficient (Wildman–Crippen LogP) is 9.13. The molecular weight excluding hydrogens is 714 g/mol. The summed E-state index contributed by atoms with van der Waals surface area (Å²) in [5, 5.41) is 0. The van der Waals surface area contributed by atoms with Crippen LogP contribution in [0.1, 0.15) is 0 Å². The molecule has 0 fully saturated rings. The predicted molar refractivity (Wildman–Crippen MR) is 249 cm³/mol. The molecule has 0 bridgehead atoms. The summed E-state index contributed by atoms with van der Waals surface area (Å²) >= 11 is 0. The van der Waals surface area contributed by atoms with E-state index in [0.29, 0.717) is 0 Å². The van der Waals surface area contributed by atoms with Crippen LogP contribution in [0.2, 0.25) is 0 Å². The number of anilines is 9. The minimum absolute atomic E-state index is 0.0175. The number of rotatable bonds is 5. The Labute approximate surface area is 345 Å². The quantitative estimate of drug-likeness (QED) is 0.164. The molecule has 8 aromatic carbocycles. The largest absolute Gasteiger partial charge is 0.309 e. The summed E-state index contributed by atoms with van der Waals surface area (Å²) in [6.07, 6.45) is 3.72. The first kappa shape index (κ1) is 33.6. The van der Waals surface area contributed by atoms with Crippen molar-refractivity contribution in [2.75, 3.05) is 14.7 Å². The number of hydrogen-bond acceptors (Lipinski definition) is 4. The number of pyridine rings is 1. The van der Waals surface area contributed by atoms with Crippen LogP contribution in [0.4, 0.5) is 51.2 Å². The third-order valence-electron chi connectivity index (χ3n) is 12.4. The fourth-order valence-electron chi connectivity index (χ4n) is 9.99. The highest BCUT2D eigenvalue weighted by molar-refractivity contribution is 7.12. The van der Waals surface area contributed by atoms with Crippen molar-refractivity contribution in [2.45, 2.75) is 0 Å². The monoisotopic (exact) mass is 750 g/mol. The number of nitrogens with zero attached hydrogens (tertiary/aromatic N) is 4. The van der Waals surface area contributed by atoms with Gasteiger partial charge in [-0.1, -0.05) is 155 Å². The molecule has 9 aromatic rings. The maximum atomic E-state index is 4.27. The first-order chi connectivity index (χ1) is 29.3. The van der Waals surface area contributed by atoms with E-state index in [2.05, 4.69) is 226 Å². The Morgan fingerprint density at radius 1 is 0.322 bits per heavy atom. The van der Waals surface area contributed by atoms with Gasteiger partial charge in [0.15, 0.2) is 0 Å². The van der Waals surface area contributed by atoms with Gasteiger partial charge in [0, 0.05) is 35.1 Å². The Balaban J connectivity index is 1.24. The zero-order valence-electron chi connectivity index (χ0n) is 32.2. The van der Waals surface area contributed by atoms with Crippen molar-refractivity contribution >= 4 is 97.4 Å². The number of fused-ring (bicyclic) bond motifs is 7. The van der Waals surface area contributed by atoms with Crippen LogP contribution >= 0.6 is 0 Å². The average Bonchev–Trinajstić information content (AvgIpc) is 3.32. The molecule has 0 amide bonds. The van der Waals surface area contributed by atoms with E-state index in [1.165, 1.54) is 44.2 Å². The van der Waals surface area contributed by atoms with Crippen molar-refractivity contribution < 1.29 is 0 Å². The van der Waals surface area contributed by atoms with Gasteiger partial charge in [0.2, 0.25) is 13.4 Å². The topological polar surface area (TPSA) is 22.6 Å². The summed E-state index contributed by atoms with van der Waals surface area (Å²) in [5.74, 6) is 0. The lowest BCUT2D eigenvalue weighted by atomic mass is 9.20. The SMILES string of the molecule is c1ccc(B2c3ccccc3B3c4ccccc4N(c4ccccc4)c4c3c2cc2c4N(c3ccccc3)c3ccccc3N2c2ccc(-c3ccncc3)cc2)cc1. The van der Waals surface area contributed by atoms with Crippen molar-refractivity contribution in [3.8, 4) is 11.1 Å². The highest BCUT2D eigenvalue weighted by Gasteiger charge is 2.48. The standard InChI is InChI=1S/C53H36B2N4/c1-4-16-39(17-5-1)54-43-22-10-11-23-44(43)55-45-24-12-13-25-47(45)58(40-18-6-2-7-19-40)53-51(55)46(54)36-50-52(53)59(41-20-8-3-9-21-41)49-27-15-14-26-48(49)57(50)42-30-28-37(29-31-42)38-32-34-56-35-33-38/h1-36H. The van der Waals surface area contributed by atoms with Crippen molar-refractivity contribution in [2.24, 2.45) is 0 Å². The molecule has 0 saturated carbocycles. The Hall–Kier alpha value is -7.56. The lowest BCUT2D eigenvalue weighted by Gasteiger charge is -2.48. The molecule has 6 heteroatoms. The zero-order valence-corrected chi connectivity index (χ0v) is 32.2. The van der Waals surface area contributed by atoms with E-state index in [-0.39, 0.29) is 13.4 Å². The summed E-state index contributed by atoms with van der Waals surface area (Å²) in [6.45, 7) is 0.0457. The Morgan fingerprint density at radius 2 is 0.797 bits per heavy atom. The van der Waals surface area contributed by atoms with Crippen molar-refractivity contribution in [3.05, 3.63) is 219 Å². The van der Waals surface area contributed by atoms with Gasteiger partial charge in [-0.15, -0.1) is 0 Å². The van der Waals surface area contributed by atoms with Crippen LogP contribution in [0.15, 0.2) is 219 Å². The first-order valence-corrected chi connectivity index (χ1v) is 20.4. The molecule has 0 spiro atoms. The molecule has 0 N–H and O–H groups in total. The summed E-state index contributed by atoms with van der Waals surface area (Å²) < 4.78 is 0. The van der Waals surface area contributed by atoms with Crippen LogP contribution < -0.4 is 47.5 Å². The highest BCUT2D eigenvalue weighted by atomic mass is 15.3. The van der Waals surface area contributed by atoms with Crippen LogP contribution in [-0.2, 0) is 0 Å². The Bertz CT molecular complexity index is 3000. The second-order valence-corrected chi connectivity index (χ2v) is 15.5. The second-order valence-electron chi connectivity index (χ2n) is 15.5. The zero-order chi connectivity index (χ0) is 38.9. The maximum Gasteiger partial charge on any atom is 0.245 e. The fourth-order valence-corrected chi connectivity index (χ4v) is 9.99. The van der Waals surface area contributed by atoms with E-state index in [9.17, 15) is 0 Å². The van der Waals surface area contributed by atoms with Crippen LogP contribution in [0.3, 0.4) is 0 Å². The number of aromatic nitrogens is 1. The third kappa shape index (κ3) is 5.16. The van der Waals surface area contributed by atoms with Crippen molar-refractivity contribution in [1.29, 1.82) is 0 Å². The molecule has 0 aliphatic carbocycles. The number of benzene rings is 8.